The van der Waals surface area contributed by atoms with Gasteiger partial charge in [0.2, 0.25) is 0 Å². The lowest BCUT2D eigenvalue weighted by atomic mass is 10.2. The van der Waals surface area contributed by atoms with Crippen LogP contribution in [0, 0.1) is 0 Å². The third-order valence-electron chi connectivity index (χ3n) is 3.54. The summed E-state index contributed by atoms with van der Waals surface area (Å²) < 4.78 is 0. The smallest absolute Gasteiger partial charge is 0.175 e. The summed E-state index contributed by atoms with van der Waals surface area (Å²) in [5.74, 6) is 0. The monoisotopic (exact) mass is 412 g/mol. The molecule has 0 fully saturated rings. The van der Waals surface area contributed by atoms with Crippen LogP contribution < -0.4 is 21.3 Å². The number of thiocarbonyl (C=S) groups is 2. The largest absolute Gasteiger partial charge is 0.332 e. The molecule has 0 aliphatic heterocycles. The predicted molar refractivity (Wildman–Crippen MR) is 124 cm³/mol. The van der Waals surface area contributed by atoms with E-state index in [2.05, 4.69) is 21.3 Å². The molecule has 7 heteroatoms. The molecular weight excluding hydrogens is 396 g/mol. The Morgan fingerprint density at radius 1 is 0.593 bits per heavy atom. The summed E-state index contributed by atoms with van der Waals surface area (Å²) in [5.41, 5.74) is 3.30. The molecule has 0 unspecified atom stereocenters. The van der Waals surface area contributed by atoms with Crippen LogP contribution in [0.15, 0.2) is 78.9 Å². The van der Waals surface area contributed by atoms with E-state index in [0.29, 0.717) is 20.9 Å². The van der Waals surface area contributed by atoms with E-state index in [1.54, 1.807) is 6.07 Å². The molecule has 0 radical (unpaired) electrons. The van der Waals surface area contributed by atoms with Gasteiger partial charge in [0.25, 0.3) is 0 Å². The first-order valence-electron chi connectivity index (χ1n) is 8.16. The zero-order valence-electron chi connectivity index (χ0n) is 14.2. The van der Waals surface area contributed by atoms with Gasteiger partial charge >= 0.3 is 0 Å². The van der Waals surface area contributed by atoms with Crippen molar-refractivity contribution in [3.63, 3.8) is 0 Å². The molecule has 0 aromatic heterocycles. The van der Waals surface area contributed by atoms with E-state index in [9.17, 15) is 0 Å². The van der Waals surface area contributed by atoms with Crippen LogP contribution in [0.1, 0.15) is 0 Å². The highest BCUT2D eigenvalue weighted by Crippen LogP contribution is 2.26. The minimum atomic E-state index is 0.463. The lowest BCUT2D eigenvalue weighted by Crippen LogP contribution is -2.20. The summed E-state index contributed by atoms with van der Waals surface area (Å²) in [5, 5.41) is 13.9. The van der Waals surface area contributed by atoms with Crippen molar-refractivity contribution >= 4 is 69.0 Å². The van der Waals surface area contributed by atoms with Crippen LogP contribution in [0.3, 0.4) is 0 Å². The van der Waals surface area contributed by atoms with Gasteiger partial charge in [-0.25, -0.2) is 0 Å². The molecule has 136 valence electrons. The standard InChI is InChI=1S/C20H17ClN4S2/c21-17-13-16(24-19(26)22-14-7-3-1-4-8-14)11-12-18(17)25-20(27)23-15-9-5-2-6-10-15/h1-13H,(H2,22,24,26)(H2,23,25,27). The van der Waals surface area contributed by atoms with E-state index in [1.807, 2.05) is 72.8 Å². The van der Waals surface area contributed by atoms with Gasteiger partial charge in [-0.05, 0) is 66.9 Å². The van der Waals surface area contributed by atoms with Crippen molar-refractivity contribution in [2.75, 3.05) is 21.3 Å². The van der Waals surface area contributed by atoms with Gasteiger partial charge in [-0.1, -0.05) is 48.0 Å². The highest BCUT2D eigenvalue weighted by Gasteiger charge is 2.06. The van der Waals surface area contributed by atoms with Gasteiger partial charge in [-0.15, -0.1) is 0 Å². The van der Waals surface area contributed by atoms with Crippen molar-refractivity contribution < 1.29 is 0 Å². The normalized spacial score (nSPS) is 9.96. The van der Waals surface area contributed by atoms with Crippen molar-refractivity contribution in [1.82, 2.24) is 0 Å². The van der Waals surface area contributed by atoms with Crippen molar-refractivity contribution in [1.29, 1.82) is 0 Å². The Hall–Kier alpha value is -2.67. The number of benzene rings is 3. The van der Waals surface area contributed by atoms with Gasteiger partial charge in [0, 0.05) is 17.1 Å². The zero-order chi connectivity index (χ0) is 19.1. The molecule has 0 bridgehead atoms. The maximum absolute atomic E-state index is 6.37. The maximum atomic E-state index is 6.37. The zero-order valence-corrected chi connectivity index (χ0v) is 16.6. The Labute approximate surface area is 173 Å². The molecule has 0 aliphatic rings. The van der Waals surface area contributed by atoms with Crippen LogP contribution >= 0.6 is 36.0 Å². The fourth-order valence-electron chi connectivity index (χ4n) is 2.32. The average molecular weight is 413 g/mol. The molecule has 3 rings (SSSR count). The lowest BCUT2D eigenvalue weighted by Gasteiger charge is -2.14. The van der Waals surface area contributed by atoms with E-state index in [0.717, 1.165) is 17.1 Å². The first-order chi connectivity index (χ1) is 13.1. The van der Waals surface area contributed by atoms with Gasteiger partial charge in [0.1, 0.15) is 0 Å². The van der Waals surface area contributed by atoms with Crippen molar-refractivity contribution in [2.45, 2.75) is 0 Å². The second kappa shape index (κ2) is 9.32. The summed E-state index contributed by atoms with van der Waals surface area (Å²) in [6, 6.07) is 24.9. The molecule has 0 heterocycles. The van der Waals surface area contributed by atoms with Gasteiger partial charge in [-0.3, -0.25) is 0 Å². The summed E-state index contributed by atoms with van der Waals surface area (Å²) in [6.07, 6.45) is 0. The van der Waals surface area contributed by atoms with Gasteiger partial charge in [0.15, 0.2) is 10.2 Å². The van der Waals surface area contributed by atoms with Gasteiger partial charge in [0.05, 0.1) is 10.7 Å². The predicted octanol–water partition coefficient (Wildman–Crippen LogP) is 5.96. The molecule has 0 saturated carbocycles. The van der Waals surface area contributed by atoms with Crippen LogP contribution in [0.5, 0.6) is 0 Å². The Morgan fingerprint density at radius 2 is 1.07 bits per heavy atom. The number of halogens is 1. The van der Waals surface area contributed by atoms with Crippen LogP contribution in [0.2, 0.25) is 5.02 Å². The number of hydrogen-bond donors (Lipinski definition) is 4. The first-order valence-corrected chi connectivity index (χ1v) is 9.35. The average Bonchev–Trinajstić information content (AvgIpc) is 2.65. The Balaban J connectivity index is 1.58. The summed E-state index contributed by atoms with van der Waals surface area (Å²) >= 11 is 17.0. The maximum Gasteiger partial charge on any atom is 0.175 e. The van der Waals surface area contributed by atoms with E-state index in [4.69, 9.17) is 36.0 Å². The number of hydrogen-bond acceptors (Lipinski definition) is 2. The lowest BCUT2D eigenvalue weighted by molar-refractivity contribution is 1.57. The second-order valence-corrected chi connectivity index (χ2v) is 6.81. The van der Waals surface area contributed by atoms with Crippen LogP contribution in [-0.2, 0) is 0 Å². The number of anilines is 4. The third kappa shape index (κ3) is 5.92. The van der Waals surface area contributed by atoms with E-state index >= 15 is 0 Å². The number of para-hydroxylation sites is 2. The van der Waals surface area contributed by atoms with E-state index in [1.165, 1.54) is 0 Å². The molecule has 4 nitrogen and oxygen atoms in total. The molecule has 3 aromatic carbocycles. The van der Waals surface area contributed by atoms with Crippen molar-refractivity contribution in [3.05, 3.63) is 83.9 Å². The molecule has 0 saturated heterocycles. The molecule has 0 aliphatic carbocycles. The highest BCUT2D eigenvalue weighted by molar-refractivity contribution is 7.81. The molecule has 27 heavy (non-hydrogen) atoms. The van der Waals surface area contributed by atoms with Crippen LogP contribution in [0.25, 0.3) is 0 Å². The van der Waals surface area contributed by atoms with Gasteiger partial charge in [-0.2, -0.15) is 0 Å². The van der Waals surface area contributed by atoms with Crippen LogP contribution in [-0.4, -0.2) is 10.2 Å². The third-order valence-corrected chi connectivity index (χ3v) is 4.26. The Bertz CT molecular complexity index is 933. The molecule has 3 aromatic rings. The fourth-order valence-corrected chi connectivity index (χ4v) is 3.01. The topological polar surface area (TPSA) is 48.1 Å². The molecule has 0 spiro atoms. The highest BCUT2D eigenvalue weighted by atomic mass is 35.5. The fraction of sp³-hybridized carbons (Fsp3) is 0. The van der Waals surface area contributed by atoms with Crippen molar-refractivity contribution in [3.8, 4) is 0 Å². The first kappa shape index (κ1) is 19.1. The molecule has 0 atom stereocenters. The number of nitrogens with one attached hydrogen (secondary N) is 4. The van der Waals surface area contributed by atoms with Crippen molar-refractivity contribution in [2.24, 2.45) is 0 Å². The summed E-state index contributed by atoms with van der Waals surface area (Å²) in [4.78, 5) is 0. The van der Waals surface area contributed by atoms with E-state index < -0.39 is 0 Å². The second-order valence-electron chi connectivity index (χ2n) is 5.58. The SMILES string of the molecule is S=C(Nc1ccccc1)Nc1ccc(NC(=S)Nc2ccccc2)c(Cl)c1. The molecule has 4 N–H and O–H groups in total. The minimum Gasteiger partial charge on any atom is -0.332 e. The number of rotatable bonds is 4. The summed E-state index contributed by atoms with van der Waals surface area (Å²) in [6.45, 7) is 0. The van der Waals surface area contributed by atoms with Gasteiger partial charge < -0.3 is 21.3 Å². The molecular formula is C20H17ClN4S2. The quantitative estimate of drug-likeness (QED) is 0.397. The Morgan fingerprint density at radius 3 is 1.59 bits per heavy atom. The Kier molecular flexibility index (Phi) is 6.59. The summed E-state index contributed by atoms with van der Waals surface area (Å²) in [7, 11) is 0. The molecule has 0 amide bonds. The minimum absolute atomic E-state index is 0.463. The van der Waals surface area contributed by atoms with E-state index in [-0.39, 0.29) is 0 Å². The van der Waals surface area contributed by atoms with Crippen LogP contribution in [0.4, 0.5) is 22.7 Å².